The number of nitrogens with zero attached hydrogens (tertiary/aromatic N) is 1. The summed E-state index contributed by atoms with van der Waals surface area (Å²) in [6.45, 7) is 0. The van der Waals surface area contributed by atoms with Crippen LogP contribution in [-0.4, -0.2) is 11.0 Å². The van der Waals surface area contributed by atoms with E-state index in [0.29, 0.717) is 11.9 Å². The second kappa shape index (κ2) is 3.31. The lowest BCUT2D eigenvalue weighted by atomic mass is 10.3. The number of anilines is 1. The first-order valence-corrected chi connectivity index (χ1v) is 4.69. The number of hydrogen-bond donors (Lipinski definition) is 1. The van der Waals surface area contributed by atoms with Crippen molar-refractivity contribution >= 4 is 17.4 Å². The molecular formula is C9H11ClN2. The van der Waals surface area contributed by atoms with Gasteiger partial charge in [-0.15, -0.1) is 11.6 Å². The van der Waals surface area contributed by atoms with Crippen molar-refractivity contribution in [2.45, 2.75) is 24.8 Å². The molecule has 0 aromatic carbocycles. The standard InChI is InChI=1S/C9H11ClN2/c10-6-7-3-4-11-9(5-7)12-8-1-2-8/h3-5,8H,1-2,6H2,(H,11,12). The SMILES string of the molecule is ClCc1ccnc(NC2CC2)c1. The third-order valence-electron chi connectivity index (χ3n) is 1.91. The normalized spacial score (nSPS) is 16.1. The van der Waals surface area contributed by atoms with Crippen molar-refractivity contribution in [3.63, 3.8) is 0 Å². The van der Waals surface area contributed by atoms with Crippen LogP contribution in [0, 0.1) is 0 Å². The minimum atomic E-state index is 0.557. The van der Waals surface area contributed by atoms with Crippen molar-refractivity contribution in [3.8, 4) is 0 Å². The first-order valence-electron chi connectivity index (χ1n) is 4.16. The van der Waals surface area contributed by atoms with Gasteiger partial charge in [0.1, 0.15) is 5.82 Å². The molecular weight excluding hydrogens is 172 g/mol. The van der Waals surface area contributed by atoms with Crippen LogP contribution in [0.3, 0.4) is 0 Å². The summed E-state index contributed by atoms with van der Waals surface area (Å²) in [6, 6.07) is 4.60. The highest BCUT2D eigenvalue weighted by Gasteiger charge is 2.20. The van der Waals surface area contributed by atoms with E-state index in [9.17, 15) is 0 Å². The smallest absolute Gasteiger partial charge is 0.126 e. The van der Waals surface area contributed by atoms with Gasteiger partial charge in [0.25, 0.3) is 0 Å². The van der Waals surface area contributed by atoms with Gasteiger partial charge in [0.2, 0.25) is 0 Å². The van der Waals surface area contributed by atoms with E-state index < -0.39 is 0 Å². The second-order valence-electron chi connectivity index (χ2n) is 3.10. The third-order valence-corrected chi connectivity index (χ3v) is 2.22. The van der Waals surface area contributed by atoms with Gasteiger partial charge < -0.3 is 5.32 Å². The predicted molar refractivity (Wildman–Crippen MR) is 50.4 cm³/mol. The number of hydrogen-bond acceptors (Lipinski definition) is 2. The first kappa shape index (κ1) is 7.87. The number of alkyl halides is 1. The van der Waals surface area contributed by atoms with Crippen LogP contribution in [0.25, 0.3) is 0 Å². The van der Waals surface area contributed by atoms with Crippen molar-refractivity contribution in [2.75, 3.05) is 5.32 Å². The molecule has 3 heteroatoms. The van der Waals surface area contributed by atoms with Gasteiger partial charge in [0.15, 0.2) is 0 Å². The average molecular weight is 183 g/mol. The molecule has 0 unspecified atom stereocenters. The molecule has 1 N–H and O–H groups in total. The van der Waals surface area contributed by atoms with Crippen LogP contribution in [0.5, 0.6) is 0 Å². The molecule has 0 bridgehead atoms. The van der Waals surface area contributed by atoms with Crippen LogP contribution < -0.4 is 5.32 Å². The first-order chi connectivity index (χ1) is 5.88. The fourth-order valence-corrected chi connectivity index (χ4v) is 1.24. The van der Waals surface area contributed by atoms with Gasteiger partial charge in [-0.2, -0.15) is 0 Å². The summed E-state index contributed by atoms with van der Waals surface area (Å²) in [5, 5.41) is 3.32. The summed E-state index contributed by atoms with van der Waals surface area (Å²) in [6.07, 6.45) is 4.34. The maximum atomic E-state index is 5.70. The van der Waals surface area contributed by atoms with Crippen molar-refractivity contribution in [3.05, 3.63) is 23.9 Å². The van der Waals surface area contributed by atoms with E-state index >= 15 is 0 Å². The Morgan fingerprint density at radius 2 is 2.42 bits per heavy atom. The zero-order valence-electron chi connectivity index (χ0n) is 6.76. The Labute approximate surface area is 77.0 Å². The van der Waals surface area contributed by atoms with Crippen molar-refractivity contribution in [2.24, 2.45) is 0 Å². The van der Waals surface area contributed by atoms with Crippen LogP contribution in [0.2, 0.25) is 0 Å². The number of rotatable bonds is 3. The van der Waals surface area contributed by atoms with E-state index in [0.717, 1.165) is 11.4 Å². The van der Waals surface area contributed by atoms with E-state index in [-0.39, 0.29) is 0 Å². The number of aromatic nitrogens is 1. The molecule has 0 atom stereocenters. The summed E-state index contributed by atoms with van der Waals surface area (Å²) in [5.41, 5.74) is 1.12. The average Bonchev–Trinajstić information content (AvgIpc) is 2.89. The predicted octanol–water partition coefficient (Wildman–Crippen LogP) is 2.39. The zero-order chi connectivity index (χ0) is 8.39. The van der Waals surface area contributed by atoms with E-state index in [4.69, 9.17) is 11.6 Å². The number of pyridine rings is 1. The summed E-state index contributed by atoms with van der Waals surface area (Å²) in [7, 11) is 0. The Hall–Kier alpha value is -0.760. The van der Waals surface area contributed by atoms with Gasteiger partial charge in [-0.25, -0.2) is 4.98 Å². The van der Waals surface area contributed by atoms with Crippen molar-refractivity contribution in [1.29, 1.82) is 0 Å². The molecule has 64 valence electrons. The Balaban J connectivity index is 2.08. The number of halogens is 1. The van der Waals surface area contributed by atoms with Gasteiger partial charge in [-0.05, 0) is 30.5 Å². The highest BCUT2D eigenvalue weighted by Crippen LogP contribution is 2.23. The Morgan fingerprint density at radius 1 is 1.58 bits per heavy atom. The molecule has 1 saturated carbocycles. The molecule has 0 aliphatic heterocycles. The van der Waals surface area contributed by atoms with E-state index in [1.54, 1.807) is 6.20 Å². The zero-order valence-corrected chi connectivity index (χ0v) is 7.51. The lowest BCUT2D eigenvalue weighted by Gasteiger charge is -2.03. The Kier molecular flexibility index (Phi) is 2.17. The van der Waals surface area contributed by atoms with Gasteiger partial charge >= 0.3 is 0 Å². The lowest BCUT2D eigenvalue weighted by molar-refractivity contribution is 1.11. The molecule has 2 nitrogen and oxygen atoms in total. The minimum Gasteiger partial charge on any atom is -0.367 e. The van der Waals surface area contributed by atoms with Crippen LogP contribution in [0.15, 0.2) is 18.3 Å². The maximum Gasteiger partial charge on any atom is 0.126 e. The van der Waals surface area contributed by atoms with E-state index in [1.807, 2.05) is 12.1 Å². The molecule has 1 aromatic heterocycles. The molecule has 0 spiro atoms. The van der Waals surface area contributed by atoms with Crippen LogP contribution >= 0.6 is 11.6 Å². The summed E-state index contributed by atoms with van der Waals surface area (Å²) in [4.78, 5) is 4.20. The van der Waals surface area contributed by atoms with Gasteiger partial charge in [-0.3, -0.25) is 0 Å². The molecule has 12 heavy (non-hydrogen) atoms. The monoisotopic (exact) mass is 182 g/mol. The number of nitrogens with one attached hydrogen (secondary N) is 1. The van der Waals surface area contributed by atoms with Gasteiger partial charge in [0, 0.05) is 18.1 Å². The largest absolute Gasteiger partial charge is 0.367 e. The molecule has 1 aromatic rings. The fourth-order valence-electron chi connectivity index (χ4n) is 1.07. The summed E-state index contributed by atoms with van der Waals surface area (Å²) < 4.78 is 0. The van der Waals surface area contributed by atoms with Crippen LogP contribution in [0.1, 0.15) is 18.4 Å². The van der Waals surface area contributed by atoms with E-state index in [1.165, 1.54) is 12.8 Å². The van der Waals surface area contributed by atoms with Gasteiger partial charge in [-0.1, -0.05) is 0 Å². The Morgan fingerprint density at radius 3 is 3.08 bits per heavy atom. The summed E-state index contributed by atoms with van der Waals surface area (Å²) >= 11 is 5.70. The second-order valence-corrected chi connectivity index (χ2v) is 3.37. The topological polar surface area (TPSA) is 24.9 Å². The van der Waals surface area contributed by atoms with E-state index in [2.05, 4.69) is 10.3 Å². The molecule has 0 amide bonds. The molecule has 1 heterocycles. The minimum absolute atomic E-state index is 0.557. The maximum absolute atomic E-state index is 5.70. The van der Waals surface area contributed by atoms with Crippen molar-refractivity contribution < 1.29 is 0 Å². The van der Waals surface area contributed by atoms with Crippen molar-refractivity contribution in [1.82, 2.24) is 4.98 Å². The molecule has 2 rings (SSSR count). The summed E-state index contributed by atoms with van der Waals surface area (Å²) in [5.74, 6) is 1.51. The molecule has 1 aliphatic carbocycles. The molecule has 0 radical (unpaired) electrons. The highest BCUT2D eigenvalue weighted by atomic mass is 35.5. The molecule has 1 aliphatic rings. The molecule has 1 fully saturated rings. The third kappa shape index (κ3) is 1.89. The fraction of sp³-hybridized carbons (Fsp3) is 0.444. The Bertz CT molecular complexity index is 271. The van der Waals surface area contributed by atoms with Crippen LogP contribution in [-0.2, 0) is 5.88 Å². The highest BCUT2D eigenvalue weighted by molar-refractivity contribution is 6.17. The quantitative estimate of drug-likeness (QED) is 0.727. The van der Waals surface area contributed by atoms with Gasteiger partial charge in [0.05, 0.1) is 0 Å². The van der Waals surface area contributed by atoms with Crippen LogP contribution in [0.4, 0.5) is 5.82 Å². The molecule has 0 saturated heterocycles. The lowest BCUT2D eigenvalue weighted by Crippen LogP contribution is -2.02.